The first kappa shape index (κ1) is 17.4. The molecule has 6 nitrogen and oxygen atoms in total. The van der Waals surface area contributed by atoms with Gasteiger partial charge in [-0.25, -0.2) is 0 Å². The maximum absolute atomic E-state index is 13.0. The maximum atomic E-state index is 13.0. The summed E-state index contributed by atoms with van der Waals surface area (Å²) >= 11 is 0. The number of amides is 2. The Bertz CT molecular complexity index is 880. The molecule has 1 atom stereocenters. The van der Waals surface area contributed by atoms with Gasteiger partial charge in [0.2, 0.25) is 18.6 Å². The molecule has 0 saturated heterocycles. The number of nitrogens with zero attached hydrogens (tertiary/aromatic N) is 1. The van der Waals surface area contributed by atoms with Gasteiger partial charge in [0.25, 0.3) is 0 Å². The highest BCUT2D eigenvalue weighted by Crippen LogP contribution is 2.33. The first-order valence-electron chi connectivity index (χ1n) is 9.21. The van der Waals surface area contributed by atoms with Crippen molar-refractivity contribution >= 4 is 11.8 Å². The van der Waals surface area contributed by atoms with Crippen molar-refractivity contribution in [3.05, 3.63) is 59.2 Å². The Kier molecular flexibility index (Phi) is 4.71. The lowest BCUT2D eigenvalue weighted by atomic mass is 9.91. The summed E-state index contributed by atoms with van der Waals surface area (Å²) in [7, 11) is 0. The Balaban J connectivity index is 1.54. The first-order chi connectivity index (χ1) is 13.2. The van der Waals surface area contributed by atoms with E-state index in [0.29, 0.717) is 31.0 Å². The summed E-state index contributed by atoms with van der Waals surface area (Å²) in [5.41, 5.74) is 2.76. The van der Waals surface area contributed by atoms with E-state index < -0.39 is 6.04 Å². The van der Waals surface area contributed by atoms with Crippen LogP contribution in [0, 0.1) is 0 Å². The quantitative estimate of drug-likeness (QED) is 0.883. The highest BCUT2D eigenvalue weighted by Gasteiger charge is 2.36. The van der Waals surface area contributed by atoms with Crippen LogP contribution in [0.3, 0.4) is 0 Å². The molecule has 2 aromatic rings. The minimum atomic E-state index is -0.587. The molecule has 27 heavy (non-hydrogen) atoms. The van der Waals surface area contributed by atoms with Crippen LogP contribution in [0.25, 0.3) is 0 Å². The largest absolute Gasteiger partial charge is 0.454 e. The van der Waals surface area contributed by atoms with Crippen molar-refractivity contribution in [2.24, 2.45) is 0 Å². The van der Waals surface area contributed by atoms with Crippen molar-refractivity contribution in [2.45, 2.75) is 32.4 Å². The van der Waals surface area contributed by atoms with E-state index >= 15 is 0 Å². The molecule has 1 N–H and O–H groups in total. The standard InChI is InChI=1S/C21H22N2O4/c1-2-9-23-19(24)11-15-5-3-4-6-16(15)20(23)21(25)22-12-14-7-8-17-18(10-14)27-13-26-17/h3-8,10,20H,2,9,11-13H2,1H3,(H,22,25). The van der Waals surface area contributed by atoms with E-state index in [0.717, 1.165) is 23.1 Å². The maximum Gasteiger partial charge on any atom is 0.247 e. The second-order valence-electron chi connectivity index (χ2n) is 6.77. The van der Waals surface area contributed by atoms with Gasteiger partial charge >= 0.3 is 0 Å². The van der Waals surface area contributed by atoms with Crippen molar-refractivity contribution in [3.63, 3.8) is 0 Å². The molecule has 4 rings (SSSR count). The lowest BCUT2D eigenvalue weighted by Gasteiger charge is -2.36. The molecule has 0 radical (unpaired) electrons. The van der Waals surface area contributed by atoms with Crippen LogP contribution in [0.4, 0.5) is 0 Å². The second-order valence-corrected chi connectivity index (χ2v) is 6.77. The number of carbonyl (C=O) groups excluding carboxylic acids is 2. The van der Waals surface area contributed by atoms with E-state index in [1.165, 1.54) is 0 Å². The summed E-state index contributed by atoms with van der Waals surface area (Å²) in [4.78, 5) is 27.3. The van der Waals surface area contributed by atoms with Gasteiger partial charge in [0.05, 0.1) is 6.42 Å². The summed E-state index contributed by atoms with van der Waals surface area (Å²) in [5.74, 6) is 1.24. The molecular formula is C21H22N2O4. The third kappa shape index (κ3) is 3.35. The normalized spacial score (nSPS) is 17.6. The third-order valence-corrected chi connectivity index (χ3v) is 4.94. The molecule has 2 amide bonds. The minimum absolute atomic E-state index is 0.00113. The molecule has 2 aliphatic rings. The van der Waals surface area contributed by atoms with Gasteiger partial charge in [0.15, 0.2) is 11.5 Å². The lowest BCUT2D eigenvalue weighted by Crippen LogP contribution is -2.47. The van der Waals surface area contributed by atoms with E-state index in [1.807, 2.05) is 49.4 Å². The third-order valence-electron chi connectivity index (χ3n) is 4.94. The number of nitrogens with one attached hydrogen (secondary N) is 1. The Morgan fingerprint density at radius 3 is 2.85 bits per heavy atom. The molecule has 0 saturated carbocycles. The number of hydrogen-bond acceptors (Lipinski definition) is 4. The molecule has 2 aromatic carbocycles. The molecular weight excluding hydrogens is 344 g/mol. The number of rotatable bonds is 5. The summed E-state index contributed by atoms with van der Waals surface area (Å²) < 4.78 is 10.7. The van der Waals surface area contributed by atoms with Crippen LogP contribution in [0.2, 0.25) is 0 Å². The molecule has 0 aliphatic carbocycles. The topological polar surface area (TPSA) is 67.9 Å². The highest BCUT2D eigenvalue weighted by molar-refractivity contribution is 5.92. The number of benzene rings is 2. The fourth-order valence-corrected chi connectivity index (χ4v) is 3.65. The predicted molar refractivity (Wildman–Crippen MR) is 99.3 cm³/mol. The van der Waals surface area contributed by atoms with Gasteiger partial charge < -0.3 is 19.7 Å². The van der Waals surface area contributed by atoms with Gasteiger partial charge in [-0.3, -0.25) is 9.59 Å². The molecule has 0 bridgehead atoms. The van der Waals surface area contributed by atoms with Crippen molar-refractivity contribution < 1.29 is 19.1 Å². The van der Waals surface area contributed by atoms with Crippen LogP contribution >= 0.6 is 0 Å². The summed E-state index contributed by atoms with van der Waals surface area (Å²) in [6.07, 6.45) is 1.15. The van der Waals surface area contributed by atoms with E-state index in [4.69, 9.17) is 9.47 Å². The Morgan fingerprint density at radius 1 is 1.19 bits per heavy atom. The smallest absolute Gasteiger partial charge is 0.247 e. The average molecular weight is 366 g/mol. The van der Waals surface area contributed by atoms with Crippen LogP contribution in [0.1, 0.15) is 36.1 Å². The number of ether oxygens (including phenoxy) is 2. The second kappa shape index (κ2) is 7.31. The molecule has 1 unspecified atom stereocenters. The molecule has 6 heteroatoms. The fraction of sp³-hybridized carbons (Fsp3) is 0.333. The van der Waals surface area contributed by atoms with E-state index in [1.54, 1.807) is 4.90 Å². The van der Waals surface area contributed by atoms with Crippen molar-refractivity contribution in [2.75, 3.05) is 13.3 Å². The van der Waals surface area contributed by atoms with Crippen molar-refractivity contribution in [3.8, 4) is 11.5 Å². The fourth-order valence-electron chi connectivity index (χ4n) is 3.65. The summed E-state index contributed by atoms with van der Waals surface area (Å²) in [6.45, 7) is 3.16. The van der Waals surface area contributed by atoms with Crippen LogP contribution in [0.5, 0.6) is 11.5 Å². The van der Waals surface area contributed by atoms with E-state index in [-0.39, 0.29) is 18.6 Å². The highest BCUT2D eigenvalue weighted by atomic mass is 16.7. The zero-order valence-corrected chi connectivity index (χ0v) is 15.2. The Labute approximate surface area is 158 Å². The molecule has 0 aromatic heterocycles. The van der Waals surface area contributed by atoms with Crippen LogP contribution < -0.4 is 14.8 Å². The summed E-state index contributed by atoms with van der Waals surface area (Å²) in [5, 5.41) is 2.98. The van der Waals surface area contributed by atoms with Crippen molar-refractivity contribution in [1.29, 1.82) is 0 Å². The minimum Gasteiger partial charge on any atom is -0.454 e. The monoisotopic (exact) mass is 366 g/mol. The van der Waals surface area contributed by atoms with Gasteiger partial charge in [-0.15, -0.1) is 0 Å². The zero-order valence-electron chi connectivity index (χ0n) is 15.2. The Hall–Kier alpha value is -3.02. The molecule has 140 valence electrons. The number of fused-ring (bicyclic) bond motifs is 2. The number of carbonyl (C=O) groups is 2. The molecule has 2 aliphatic heterocycles. The van der Waals surface area contributed by atoms with Gasteiger partial charge in [-0.05, 0) is 35.2 Å². The molecule has 0 fully saturated rings. The summed E-state index contributed by atoms with van der Waals surface area (Å²) in [6, 6.07) is 12.7. The predicted octanol–water partition coefficient (Wildman–Crippen LogP) is 2.57. The van der Waals surface area contributed by atoms with Crippen LogP contribution in [0.15, 0.2) is 42.5 Å². The van der Waals surface area contributed by atoms with Gasteiger partial charge in [-0.2, -0.15) is 0 Å². The Morgan fingerprint density at radius 2 is 2.00 bits per heavy atom. The number of hydrogen-bond donors (Lipinski definition) is 1. The van der Waals surface area contributed by atoms with Gasteiger partial charge in [0.1, 0.15) is 6.04 Å². The first-order valence-corrected chi connectivity index (χ1v) is 9.21. The van der Waals surface area contributed by atoms with E-state index in [9.17, 15) is 9.59 Å². The SMILES string of the molecule is CCCN1C(=O)Cc2ccccc2C1C(=O)NCc1ccc2c(c1)OCO2. The van der Waals surface area contributed by atoms with Gasteiger partial charge in [-0.1, -0.05) is 37.3 Å². The van der Waals surface area contributed by atoms with Crippen molar-refractivity contribution in [1.82, 2.24) is 10.2 Å². The van der Waals surface area contributed by atoms with Gasteiger partial charge in [0, 0.05) is 13.1 Å². The van der Waals surface area contributed by atoms with Crippen LogP contribution in [-0.2, 0) is 22.6 Å². The van der Waals surface area contributed by atoms with E-state index in [2.05, 4.69) is 5.32 Å². The lowest BCUT2D eigenvalue weighted by molar-refractivity contribution is -0.141. The van der Waals surface area contributed by atoms with Crippen LogP contribution in [-0.4, -0.2) is 30.1 Å². The average Bonchev–Trinajstić information content (AvgIpc) is 3.14. The molecule has 0 spiro atoms. The zero-order chi connectivity index (χ0) is 18.8. The molecule has 2 heterocycles.